The van der Waals surface area contributed by atoms with Crippen molar-refractivity contribution in [2.45, 2.75) is 132 Å². The van der Waals surface area contributed by atoms with Crippen molar-refractivity contribution in [1.82, 2.24) is 0 Å². The van der Waals surface area contributed by atoms with Crippen molar-refractivity contribution in [3.05, 3.63) is 143 Å². The predicted molar refractivity (Wildman–Crippen MR) is 267 cm³/mol. The number of nitrogens with zero attached hydrogens (tertiary/aromatic N) is 1. The van der Waals surface area contributed by atoms with E-state index < -0.39 is 0 Å². The Hall–Kier alpha value is -5.02. The van der Waals surface area contributed by atoms with Gasteiger partial charge in [0.05, 0.1) is 6.61 Å². The number of ether oxygens (including phenoxy) is 1. The summed E-state index contributed by atoms with van der Waals surface area (Å²) >= 11 is 0. The SMILES string of the molecule is CCCCCC(C)(C)c1ccc(N(c2ccc(C=Cc3cc(OCCC(C)CCCC(C)C)c(C=CC(C)(C)C)cc3O)cc2)c2ccc(-c3ccc(CC)cc3)cc2)cc1. The van der Waals surface area contributed by atoms with Gasteiger partial charge in [-0.15, -0.1) is 0 Å². The van der Waals surface area contributed by atoms with Gasteiger partial charge in [0.2, 0.25) is 0 Å². The summed E-state index contributed by atoms with van der Waals surface area (Å²) in [4.78, 5) is 2.34. The number of hydrogen-bond donors (Lipinski definition) is 1. The lowest BCUT2D eigenvalue weighted by atomic mass is 9.80. The quantitative estimate of drug-likeness (QED) is 0.0591. The van der Waals surface area contributed by atoms with Crippen LogP contribution in [0.15, 0.2) is 115 Å². The molecule has 3 nitrogen and oxygen atoms in total. The van der Waals surface area contributed by atoms with E-state index in [2.05, 4.69) is 189 Å². The van der Waals surface area contributed by atoms with Crippen LogP contribution in [-0.2, 0) is 11.8 Å². The Bertz CT molecular complexity index is 2130. The van der Waals surface area contributed by atoms with Gasteiger partial charge in [-0.2, -0.15) is 0 Å². The number of benzene rings is 5. The zero-order chi connectivity index (χ0) is 44.0. The molecule has 5 rings (SSSR count). The summed E-state index contributed by atoms with van der Waals surface area (Å²) in [5.74, 6) is 2.40. The minimum absolute atomic E-state index is 0.0108. The van der Waals surface area contributed by atoms with E-state index in [0.29, 0.717) is 12.5 Å². The Balaban J connectivity index is 1.41. The highest BCUT2D eigenvalue weighted by molar-refractivity contribution is 5.80. The summed E-state index contributed by atoms with van der Waals surface area (Å²) < 4.78 is 6.46. The molecule has 0 aromatic heterocycles. The molecule has 0 bridgehead atoms. The van der Waals surface area contributed by atoms with Crippen molar-refractivity contribution in [3.8, 4) is 22.6 Å². The van der Waals surface area contributed by atoms with Crippen molar-refractivity contribution in [3.63, 3.8) is 0 Å². The number of aromatic hydroxyl groups is 1. The molecule has 5 aromatic rings. The maximum Gasteiger partial charge on any atom is 0.127 e. The van der Waals surface area contributed by atoms with Gasteiger partial charge in [0.25, 0.3) is 0 Å². The van der Waals surface area contributed by atoms with Crippen LogP contribution in [0.5, 0.6) is 11.5 Å². The third-order valence-corrected chi connectivity index (χ3v) is 12.0. The lowest BCUT2D eigenvalue weighted by Crippen LogP contribution is -2.17. The van der Waals surface area contributed by atoms with E-state index >= 15 is 0 Å². The highest BCUT2D eigenvalue weighted by Crippen LogP contribution is 2.39. The van der Waals surface area contributed by atoms with E-state index in [0.717, 1.165) is 58.3 Å². The predicted octanol–water partition coefficient (Wildman–Crippen LogP) is 17.4. The zero-order valence-corrected chi connectivity index (χ0v) is 39.2. The van der Waals surface area contributed by atoms with Crippen LogP contribution in [0.3, 0.4) is 0 Å². The monoisotopic (exact) mass is 818 g/mol. The fourth-order valence-corrected chi connectivity index (χ4v) is 7.84. The van der Waals surface area contributed by atoms with Crippen molar-refractivity contribution < 1.29 is 9.84 Å². The molecule has 0 aliphatic heterocycles. The molecule has 0 saturated carbocycles. The molecule has 5 aromatic carbocycles. The summed E-state index contributed by atoms with van der Waals surface area (Å²) in [5.41, 5.74) is 11.3. The van der Waals surface area contributed by atoms with Crippen molar-refractivity contribution >= 4 is 35.3 Å². The van der Waals surface area contributed by atoms with Crippen LogP contribution in [0.2, 0.25) is 0 Å². The zero-order valence-electron chi connectivity index (χ0n) is 39.2. The molecule has 1 N–H and O–H groups in total. The van der Waals surface area contributed by atoms with Gasteiger partial charge in [-0.25, -0.2) is 0 Å². The van der Waals surface area contributed by atoms with Crippen LogP contribution in [0.4, 0.5) is 17.1 Å². The Morgan fingerprint density at radius 3 is 1.79 bits per heavy atom. The van der Waals surface area contributed by atoms with Gasteiger partial charge in [-0.05, 0) is 118 Å². The first-order valence-electron chi connectivity index (χ1n) is 23.2. The van der Waals surface area contributed by atoms with Crippen LogP contribution in [-0.4, -0.2) is 11.7 Å². The largest absolute Gasteiger partial charge is 0.507 e. The number of hydrogen-bond acceptors (Lipinski definition) is 3. The minimum Gasteiger partial charge on any atom is -0.507 e. The Labute approximate surface area is 370 Å². The molecule has 0 amide bonds. The minimum atomic E-state index is 0.0108. The topological polar surface area (TPSA) is 32.7 Å². The second-order valence-electron chi connectivity index (χ2n) is 19.5. The highest BCUT2D eigenvalue weighted by atomic mass is 16.5. The van der Waals surface area contributed by atoms with Crippen LogP contribution >= 0.6 is 0 Å². The summed E-state index contributed by atoms with van der Waals surface area (Å²) in [5, 5.41) is 11.2. The number of aryl methyl sites for hydroxylation is 1. The van der Waals surface area contributed by atoms with Gasteiger partial charge >= 0.3 is 0 Å². The molecule has 0 aliphatic rings. The molecule has 0 heterocycles. The fourth-order valence-electron chi connectivity index (χ4n) is 7.84. The third kappa shape index (κ3) is 14.3. The number of rotatable bonds is 21. The average molecular weight is 818 g/mol. The van der Waals surface area contributed by atoms with Gasteiger partial charge in [0.15, 0.2) is 0 Å². The van der Waals surface area contributed by atoms with Gasteiger partial charge < -0.3 is 14.7 Å². The van der Waals surface area contributed by atoms with E-state index in [1.54, 1.807) is 0 Å². The normalized spacial score (nSPS) is 12.8. The maximum absolute atomic E-state index is 11.2. The molecular weight excluding hydrogens is 743 g/mol. The first-order chi connectivity index (χ1) is 29.2. The van der Waals surface area contributed by atoms with Crippen LogP contribution in [0.1, 0.15) is 148 Å². The Morgan fingerprint density at radius 1 is 0.623 bits per heavy atom. The fraction of sp³-hybridized carbons (Fsp3) is 0.414. The maximum atomic E-state index is 11.2. The summed E-state index contributed by atoms with van der Waals surface area (Å²) in [6, 6.07) is 39.5. The molecule has 324 valence electrons. The van der Waals surface area contributed by atoms with Crippen molar-refractivity contribution in [2.24, 2.45) is 17.3 Å². The second kappa shape index (κ2) is 22.2. The molecule has 3 heteroatoms. The number of phenolic OH excluding ortho intramolecular Hbond substituents is 1. The number of allylic oxidation sites excluding steroid dienone is 1. The molecule has 0 aliphatic carbocycles. The van der Waals surface area contributed by atoms with Crippen LogP contribution < -0.4 is 9.64 Å². The first-order valence-corrected chi connectivity index (χ1v) is 23.2. The van der Waals surface area contributed by atoms with E-state index in [1.165, 1.54) is 67.2 Å². The van der Waals surface area contributed by atoms with Gasteiger partial charge in [-0.1, -0.05) is 193 Å². The van der Waals surface area contributed by atoms with Crippen LogP contribution in [0.25, 0.3) is 29.4 Å². The van der Waals surface area contributed by atoms with E-state index in [4.69, 9.17) is 4.74 Å². The van der Waals surface area contributed by atoms with E-state index in [9.17, 15) is 5.11 Å². The molecule has 1 atom stereocenters. The van der Waals surface area contributed by atoms with Gasteiger partial charge in [0.1, 0.15) is 11.5 Å². The van der Waals surface area contributed by atoms with Crippen molar-refractivity contribution in [2.75, 3.05) is 11.5 Å². The molecular formula is C58H75NO2. The third-order valence-electron chi connectivity index (χ3n) is 12.0. The van der Waals surface area contributed by atoms with E-state index in [-0.39, 0.29) is 16.6 Å². The number of phenols is 1. The lowest BCUT2D eigenvalue weighted by Gasteiger charge is -2.29. The highest BCUT2D eigenvalue weighted by Gasteiger charge is 2.21. The summed E-state index contributed by atoms with van der Waals surface area (Å²) in [7, 11) is 0. The molecule has 0 radical (unpaired) electrons. The van der Waals surface area contributed by atoms with E-state index in [1.807, 2.05) is 18.2 Å². The Morgan fingerprint density at radius 2 is 1.21 bits per heavy atom. The average Bonchev–Trinajstić information content (AvgIpc) is 3.23. The summed E-state index contributed by atoms with van der Waals surface area (Å²) in [6.07, 6.45) is 19.1. The first kappa shape index (κ1) is 47.0. The molecule has 0 fully saturated rings. The van der Waals surface area contributed by atoms with Gasteiger partial charge in [0, 0.05) is 28.2 Å². The van der Waals surface area contributed by atoms with Gasteiger partial charge in [-0.3, -0.25) is 0 Å². The number of anilines is 3. The Kier molecular flexibility index (Phi) is 17.1. The second-order valence-corrected chi connectivity index (χ2v) is 19.5. The molecule has 0 saturated heterocycles. The molecule has 0 spiro atoms. The smallest absolute Gasteiger partial charge is 0.127 e. The number of unbranched alkanes of at least 4 members (excludes halogenated alkanes) is 2. The molecule has 1 unspecified atom stereocenters. The lowest BCUT2D eigenvalue weighted by molar-refractivity contribution is 0.275. The van der Waals surface area contributed by atoms with Crippen molar-refractivity contribution in [1.29, 1.82) is 0 Å². The van der Waals surface area contributed by atoms with Crippen LogP contribution in [0, 0.1) is 17.3 Å². The molecule has 61 heavy (non-hydrogen) atoms. The summed E-state index contributed by atoms with van der Waals surface area (Å²) in [6.45, 7) is 23.3. The standard InChI is InChI=1S/C58H75NO2/c1-11-13-14-38-58(9,10)51-28-34-54(35-29-51)59(53-32-26-48(27-33-53)47-23-18-45(12-2)19-24-47)52-30-21-46(22-31-52)20-25-49-42-56(50(41-55(49)60)36-39-57(6,7)8)61-40-37-44(5)17-15-16-43(3)4/h18-36,39,41-44,60H,11-17,37-38,40H2,1-10H3.